The largest absolute Gasteiger partial charge is 0.479 e. The Hall–Kier alpha value is -0.600. The highest BCUT2D eigenvalue weighted by atomic mass is 19.1. The summed E-state index contributed by atoms with van der Waals surface area (Å²) in [7, 11) is 0. The molecule has 0 aromatic carbocycles. The van der Waals surface area contributed by atoms with Crippen molar-refractivity contribution in [3.8, 4) is 0 Å². The van der Waals surface area contributed by atoms with E-state index in [1.807, 2.05) is 0 Å². The number of carbonyl (C=O) groups is 1. The van der Waals surface area contributed by atoms with Crippen molar-refractivity contribution in [2.24, 2.45) is 0 Å². The Morgan fingerprint density at radius 1 is 1.60 bits per heavy atom. The molecule has 0 aliphatic heterocycles. The van der Waals surface area contributed by atoms with E-state index in [1.165, 1.54) is 0 Å². The lowest BCUT2D eigenvalue weighted by atomic mass is 9.98. The van der Waals surface area contributed by atoms with Gasteiger partial charge in [-0.3, -0.25) is 0 Å². The second-order valence-electron chi connectivity index (χ2n) is 2.37. The van der Waals surface area contributed by atoms with Crippen LogP contribution in [0.2, 0.25) is 0 Å². The molecule has 10 heavy (non-hydrogen) atoms. The molecule has 0 heterocycles. The van der Waals surface area contributed by atoms with Gasteiger partial charge < -0.3 is 5.11 Å². The van der Waals surface area contributed by atoms with Crippen molar-refractivity contribution in [2.45, 2.75) is 38.8 Å². The molecule has 2 nitrogen and oxygen atoms in total. The van der Waals surface area contributed by atoms with Crippen molar-refractivity contribution in [1.29, 1.82) is 0 Å². The van der Waals surface area contributed by atoms with E-state index in [0.29, 0.717) is 6.42 Å². The van der Waals surface area contributed by atoms with Crippen LogP contribution in [-0.2, 0) is 4.79 Å². The number of aliphatic carboxylic acids is 1. The number of halogens is 1. The first kappa shape index (κ1) is 9.40. The van der Waals surface area contributed by atoms with Gasteiger partial charge >= 0.3 is 5.97 Å². The zero-order valence-electron chi connectivity index (χ0n) is 6.35. The Kier molecular flexibility index (Phi) is 3.33. The molecule has 0 rings (SSSR count). The van der Waals surface area contributed by atoms with Gasteiger partial charge in [-0.25, -0.2) is 9.18 Å². The Labute approximate surface area is 60.1 Å². The van der Waals surface area contributed by atoms with Gasteiger partial charge in [0.25, 0.3) is 0 Å². The van der Waals surface area contributed by atoms with E-state index in [1.54, 1.807) is 13.8 Å². The molecule has 0 saturated heterocycles. The van der Waals surface area contributed by atoms with Gasteiger partial charge in [-0.15, -0.1) is 0 Å². The molecular weight excluding hydrogens is 135 g/mol. The highest BCUT2D eigenvalue weighted by Crippen LogP contribution is 2.22. The maximum atomic E-state index is 13.0. The number of carboxylic acid groups (broad SMARTS) is 1. The van der Waals surface area contributed by atoms with E-state index in [4.69, 9.17) is 5.11 Å². The molecule has 1 N–H and O–H groups in total. The van der Waals surface area contributed by atoms with Crippen LogP contribution in [0.3, 0.4) is 0 Å². The van der Waals surface area contributed by atoms with Gasteiger partial charge in [-0.2, -0.15) is 0 Å². The fraction of sp³-hybridized carbons (Fsp3) is 0.857. The first-order valence-corrected chi connectivity index (χ1v) is 3.49. The van der Waals surface area contributed by atoms with Gasteiger partial charge in [0.1, 0.15) is 0 Å². The summed E-state index contributed by atoms with van der Waals surface area (Å²) >= 11 is 0. The van der Waals surface area contributed by atoms with Gasteiger partial charge in [0.2, 0.25) is 5.67 Å². The average Bonchev–Trinajstić information content (AvgIpc) is 1.88. The molecule has 1 atom stereocenters. The highest BCUT2D eigenvalue weighted by Gasteiger charge is 2.35. The second-order valence-corrected chi connectivity index (χ2v) is 2.37. The summed E-state index contributed by atoms with van der Waals surface area (Å²) in [6.45, 7) is 3.32. The predicted octanol–water partition coefficient (Wildman–Crippen LogP) is 1.99. The molecule has 0 unspecified atom stereocenters. The standard InChI is InChI=1S/C7H13FO2/c1-3-5-7(8,4-2)6(9)10/h3-5H2,1-2H3,(H,9,10)/t7-/m1/s1. The fourth-order valence-corrected chi connectivity index (χ4v) is 0.831. The van der Waals surface area contributed by atoms with Gasteiger partial charge in [0.05, 0.1) is 0 Å². The average molecular weight is 148 g/mol. The molecule has 0 aliphatic rings. The summed E-state index contributed by atoms with van der Waals surface area (Å²) < 4.78 is 13.0. The van der Waals surface area contributed by atoms with E-state index < -0.39 is 11.6 Å². The molecule has 0 aromatic heterocycles. The molecule has 0 bridgehead atoms. The van der Waals surface area contributed by atoms with Gasteiger partial charge in [0, 0.05) is 0 Å². The molecule has 0 amide bonds. The van der Waals surface area contributed by atoms with Crippen LogP contribution in [-0.4, -0.2) is 16.7 Å². The molecule has 0 aromatic rings. The third-order valence-electron chi connectivity index (χ3n) is 1.59. The van der Waals surface area contributed by atoms with Crippen LogP contribution < -0.4 is 0 Å². The van der Waals surface area contributed by atoms with Crippen molar-refractivity contribution in [1.82, 2.24) is 0 Å². The van der Waals surface area contributed by atoms with E-state index in [0.717, 1.165) is 0 Å². The van der Waals surface area contributed by atoms with E-state index in [2.05, 4.69) is 0 Å². The van der Waals surface area contributed by atoms with Crippen LogP contribution in [0.25, 0.3) is 0 Å². The minimum Gasteiger partial charge on any atom is -0.479 e. The lowest BCUT2D eigenvalue weighted by Crippen LogP contribution is -2.32. The molecule has 0 fully saturated rings. The maximum absolute atomic E-state index is 13.0. The van der Waals surface area contributed by atoms with Gasteiger partial charge in [0.15, 0.2) is 0 Å². The summed E-state index contributed by atoms with van der Waals surface area (Å²) in [4.78, 5) is 10.3. The summed E-state index contributed by atoms with van der Waals surface area (Å²) in [6.07, 6.45) is 0.728. The summed E-state index contributed by atoms with van der Waals surface area (Å²) in [6, 6.07) is 0. The molecule has 0 aliphatic carbocycles. The fourth-order valence-electron chi connectivity index (χ4n) is 0.831. The summed E-state index contributed by atoms with van der Waals surface area (Å²) in [5.41, 5.74) is -1.99. The zero-order chi connectivity index (χ0) is 8.20. The lowest BCUT2D eigenvalue weighted by molar-refractivity contribution is -0.151. The van der Waals surface area contributed by atoms with Crippen molar-refractivity contribution in [2.75, 3.05) is 0 Å². The number of hydrogen-bond donors (Lipinski definition) is 1. The Balaban J connectivity index is 4.08. The first-order valence-electron chi connectivity index (χ1n) is 3.49. The lowest BCUT2D eigenvalue weighted by Gasteiger charge is -2.16. The zero-order valence-corrected chi connectivity index (χ0v) is 6.35. The van der Waals surface area contributed by atoms with Crippen LogP contribution in [0.15, 0.2) is 0 Å². The van der Waals surface area contributed by atoms with E-state index >= 15 is 0 Å². The van der Waals surface area contributed by atoms with Crippen LogP contribution in [0.1, 0.15) is 33.1 Å². The second kappa shape index (κ2) is 3.54. The minimum absolute atomic E-state index is 0.0518. The van der Waals surface area contributed by atoms with Gasteiger partial charge in [-0.05, 0) is 12.8 Å². The monoisotopic (exact) mass is 148 g/mol. The van der Waals surface area contributed by atoms with Crippen molar-refractivity contribution in [3.05, 3.63) is 0 Å². The Bertz CT molecular complexity index is 125. The molecule has 0 radical (unpaired) electrons. The summed E-state index contributed by atoms with van der Waals surface area (Å²) in [5.74, 6) is -1.34. The van der Waals surface area contributed by atoms with Gasteiger partial charge in [-0.1, -0.05) is 20.3 Å². The Morgan fingerprint density at radius 2 is 2.10 bits per heavy atom. The number of rotatable bonds is 4. The summed E-state index contributed by atoms with van der Waals surface area (Å²) in [5, 5.41) is 8.39. The van der Waals surface area contributed by atoms with E-state index in [-0.39, 0.29) is 12.8 Å². The third kappa shape index (κ3) is 1.97. The normalized spacial score (nSPS) is 16.3. The van der Waals surface area contributed by atoms with Crippen LogP contribution >= 0.6 is 0 Å². The van der Waals surface area contributed by atoms with Crippen molar-refractivity contribution >= 4 is 5.97 Å². The topological polar surface area (TPSA) is 37.3 Å². The molecular formula is C7H13FO2. The smallest absolute Gasteiger partial charge is 0.341 e. The van der Waals surface area contributed by atoms with E-state index in [9.17, 15) is 9.18 Å². The minimum atomic E-state index is -1.99. The maximum Gasteiger partial charge on any atom is 0.341 e. The van der Waals surface area contributed by atoms with Crippen LogP contribution in [0.4, 0.5) is 4.39 Å². The highest BCUT2D eigenvalue weighted by molar-refractivity contribution is 5.77. The predicted molar refractivity (Wildman–Crippen MR) is 36.7 cm³/mol. The third-order valence-corrected chi connectivity index (χ3v) is 1.59. The molecule has 60 valence electrons. The molecule has 0 saturated carbocycles. The first-order chi connectivity index (χ1) is 4.56. The Morgan fingerprint density at radius 3 is 2.20 bits per heavy atom. The van der Waals surface area contributed by atoms with Crippen LogP contribution in [0, 0.1) is 0 Å². The number of alkyl halides is 1. The molecule has 0 spiro atoms. The SMILES string of the molecule is CCC[C@](F)(CC)C(=O)O. The molecule has 3 heteroatoms. The van der Waals surface area contributed by atoms with Crippen LogP contribution in [0.5, 0.6) is 0 Å². The van der Waals surface area contributed by atoms with Crippen molar-refractivity contribution in [3.63, 3.8) is 0 Å². The van der Waals surface area contributed by atoms with Crippen molar-refractivity contribution < 1.29 is 14.3 Å². The number of carboxylic acids is 1. The quantitative estimate of drug-likeness (QED) is 0.662. The number of hydrogen-bond acceptors (Lipinski definition) is 1.